The van der Waals surface area contributed by atoms with E-state index >= 15 is 0 Å². The Bertz CT molecular complexity index is 855. The standard InChI is InChI=1S/C23H21NS/c1-2-18-5-11-21(12-6-18)22-13-7-19(8-14-22)3-4-20-9-15-23(16-10-20)24-17-25/h5-16H,2-4H2,1H3. The number of hydrogen-bond donors (Lipinski definition) is 0. The predicted molar refractivity (Wildman–Crippen MR) is 110 cm³/mol. The van der Waals surface area contributed by atoms with Gasteiger partial charge < -0.3 is 0 Å². The van der Waals surface area contributed by atoms with Gasteiger partial charge in [-0.3, -0.25) is 0 Å². The summed E-state index contributed by atoms with van der Waals surface area (Å²) in [5.74, 6) is 0. The molecule has 2 heteroatoms. The molecule has 0 aliphatic heterocycles. The zero-order valence-corrected chi connectivity index (χ0v) is 15.2. The van der Waals surface area contributed by atoms with Crippen LogP contribution in [-0.2, 0) is 19.3 Å². The van der Waals surface area contributed by atoms with Crippen LogP contribution in [0, 0.1) is 0 Å². The van der Waals surface area contributed by atoms with Crippen molar-refractivity contribution in [1.82, 2.24) is 0 Å². The molecule has 124 valence electrons. The highest BCUT2D eigenvalue weighted by Crippen LogP contribution is 2.21. The first-order chi connectivity index (χ1) is 12.3. The van der Waals surface area contributed by atoms with Gasteiger partial charge in [0.2, 0.25) is 0 Å². The third-order valence-corrected chi connectivity index (χ3v) is 4.55. The number of thiocarbonyl (C=S) groups is 1. The summed E-state index contributed by atoms with van der Waals surface area (Å²) in [6, 6.07) is 25.9. The Morgan fingerprint density at radius 2 is 1.12 bits per heavy atom. The van der Waals surface area contributed by atoms with E-state index in [0.717, 1.165) is 24.9 Å². The summed E-state index contributed by atoms with van der Waals surface area (Å²) < 4.78 is 0. The maximum atomic E-state index is 4.62. The molecule has 0 atom stereocenters. The fourth-order valence-corrected chi connectivity index (χ4v) is 2.98. The maximum absolute atomic E-state index is 4.62. The van der Waals surface area contributed by atoms with Gasteiger partial charge in [-0.2, -0.15) is 4.99 Å². The quantitative estimate of drug-likeness (QED) is 0.371. The summed E-state index contributed by atoms with van der Waals surface area (Å²) in [5.41, 5.74) is 7.45. The van der Waals surface area contributed by atoms with Gasteiger partial charge in [-0.25, -0.2) is 0 Å². The SMILES string of the molecule is CCc1ccc(-c2ccc(CCc3ccc(N=C=S)cc3)cc2)cc1. The Hall–Kier alpha value is -2.54. The van der Waals surface area contributed by atoms with Crippen LogP contribution in [0.25, 0.3) is 11.1 Å². The van der Waals surface area contributed by atoms with Gasteiger partial charge in [0.1, 0.15) is 0 Å². The van der Waals surface area contributed by atoms with E-state index in [1.807, 2.05) is 12.1 Å². The summed E-state index contributed by atoms with van der Waals surface area (Å²) in [7, 11) is 0. The van der Waals surface area contributed by atoms with E-state index in [1.54, 1.807) is 0 Å². The van der Waals surface area contributed by atoms with Crippen LogP contribution in [0.2, 0.25) is 0 Å². The van der Waals surface area contributed by atoms with E-state index in [0.29, 0.717) is 0 Å². The smallest absolute Gasteiger partial charge is 0.0739 e. The average Bonchev–Trinajstić information content (AvgIpc) is 2.68. The van der Waals surface area contributed by atoms with Crippen LogP contribution in [0.1, 0.15) is 23.6 Å². The van der Waals surface area contributed by atoms with Crippen LogP contribution < -0.4 is 0 Å². The van der Waals surface area contributed by atoms with Gasteiger partial charge in [-0.05, 0) is 71.4 Å². The van der Waals surface area contributed by atoms with Gasteiger partial charge in [-0.15, -0.1) is 0 Å². The summed E-state index contributed by atoms with van der Waals surface area (Å²) in [6.45, 7) is 2.18. The van der Waals surface area contributed by atoms with Crippen LogP contribution in [-0.4, -0.2) is 5.16 Å². The fraction of sp³-hybridized carbons (Fsp3) is 0.174. The lowest BCUT2D eigenvalue weighted by molar-refractivity contribution is 0.960. The molecule has 0 N–H and O–H groups in total. The molecule has 0 saturated carbocycles. The van der Waals surface area contributed by atoms with Crippen molar-refractivity contribution in [2.75, 3.05) is 0 Å². The largest absolute Gasteiger partial charge is 0.195 e. The van der Waals surface area contributed by atoms with Crippen molar-refractivity contribution in [3.05, 3.63) is 89.5 Å². The second kappa shape index (κ2) is 8.53. The third kappa shape index (κ3) is 4.73. The first-order valence-electron chi connectivity index (χ1n) is 8.63. The Morgan fingerprint density at radius 3 is 1.56 bits per heavy atom. The number of aryl methyl sites for hydroxylation is 3. The minimum absolute atomic E-state index is 0.859. The molecule has 1 nitrogen and oxygen atoms in total. The van der Waals surface area contributed by atoms with Gasteiger partial charge in [-0.1, -0.05) is 67.6 Å². The summed E-state index contributed by atoms with van der Waals surface area (Å²) in [6.07, 6.45) is 3.13. The Kier molecular flexibility index (Phi) is 5.90. The summed E-state index contributed by atoms with van der Waals surface area (Å²) >= 11 is 4.62. The third-order valence-electron chi connectivity index (χ3n) is 4.46. The second-order valence-corrected chi connectivity index (χ2v) is 6.30. The number of isothiocyanates is 1. The molecular formula is C23H21NS. The van der Waals surface area contributed by atoms with Crippen molar-refractivity contribution in [3.8, 4) is 11.1 Å². The number of aliphatic imine (C=N–C) groups is 1. The molecule has 0 aliphatic carbocycles. The molecule has 0 bridgehead atoms. The van der Waals surface area contributed by atoms with Crippen LogP contribution in [0.3, 0.4) is 0 Å². The molecule has 3 aromatic rings. The lowest BCUT2D eigenvalue weighted by atomic mass is 9.99. The Morgan fingerprint density at radius 1 is 0.680 bits per heavy atom. The average molecular weight is 343 g/mol. The highest BCUT2D eigenvalue weighted by atomic mass is 32.1. The van der Waals surface area contributed by atoms with Gasteiger partial charge >= 0.3 is 0 Å². The highest BCUT2D eigenvalue weighted by molar-refractivity contribution is 7.78. The van der Waals surface area contributed by atoms with Crippen LogP contribution in [0.5, 0.6) is 0 Å². The fourth-order valence-electron chi connectivity index (χ4n) is 2.88. The van der Waals surface area contributed by atoms with Crippen LogP contribution in [0.4, 0.5) is 5.69 Å². The number of hydrogen-bond acceptors (Lipinski definition) is 2. The number of rotatable bonds is 6. The molecule has 0 aromatic heterocycles. The van der Waals surface area contributed by atoms with Crippen molar-refractivity contribution in [2.24, 2.45) is 4.99 Å². The molecule has 0 aliphatic rings. The van der Waals surface area contributed by atoms with Crippen LogP contribution >= 0.6 is 12.2 Å². The lowest BCUT2D eigenvalue weighted by Crippen LogP contribution is -1.91. The zero-order valence-electron chi connectivity index (χ0n) is 14.4. The van der Waals surface area contributed by atoms with Crippen molar-refractivity contribution >= 4 is 23.1 Å². The van der Waals surface area contributed by atoms with Gasteiger partial charge in [0.25, 0.3) is 0 Å². The number of nitrogens with zero attached hydrogens (tertiary/aromatic N) is 1. The van der Waals surface area contributed by atoms with Crippen molar-refractivity contribution < 1.29 is 0 Å². The topological polar surface area (TPSA) is 12.4 Å². The van der Waals surface area contributed by atoms with Crippen molar-refractivity contribution in [1.29, 1.82) is 0 Å². The molecule has 0 fully saturated rings. The van der Waals surface area contributed by atoms with E-state index in [4.69, 9.17) is 0 Å². The predicted octanol–water partition coefficient (Wildman–Crippen LogP) is 6.44. The first-order valence-corrected chi connectivity index (χ1v) is 9.04. The normalized spacial score (nSPS) is 10.3. The first kappa shape index (κ1) is 17.3. The van der Waals surface area contributed by atoms with Gasteiger partial charge in [0.05, 0.1) is 10.8 Å². The lowest BCUT2D eigenvalue weighted by Gasteiger charge is -2.06. The molecule has 25 heavy (non-hydrogen) atoms. The van der Waals surface area contributed by atoms with Crippen LogP contribution in [0.15, 0.2) is 77.8 Å². The molecule has 3 rings (SSSR count). The van der Waals surface area contributed by atoms with Crippen molar-refractivity contribution in [2.45, 2.75) is 26.2 Å². The van der Waals surface area contributed by atoms with E-state index in [1.165, 1.54) is 27.8 Å². The summed E-state index contributed by atoms with van der Waals surface area (Å²) in [5, 5.41) is 2.39. The Labute approximate surface area is 155 Å². The van der Waals surface area contributed by atoms with Gasteiger partial charge in [0.15, 0.2) is 0 Å². The molecular weight excluding hydrogens is 322 g/mol. The Balaban J connectivity index is 1.62. The minimum atomic E-state index is 0.859. The molecule has 0 saturated heterocycles. The van der Waals surface area contributed by atoms with Gasteiger partial charge in [0, 0.05) is 0 Å². The zero-order chi connectivity index (χ0) is 17.5. The minimum Gasteiger partial charge on any atom is -0.195 e. The van der Waals surface area contributed by atoms with E-state index < -0.39 is 0 Å². The van der Waals surface area contributed by atoms with E-state index in [9.17, 15) is 0 Å². The molecule has 0 heterocycles. The molecule has 0 unspecified atom stereocenters. The molecule has 0 radical (unpaired) electrons. The number of benzene rings is 3. The maximum Gasteiger partial charge on any atom is 0.0739 e. The summed E-state index contributed by atoms with van der Waals surface area (Å²) in [4.78, 5) is 3.98. The van der Waals surface area contributed by atoms with E-state index in [2.05, 4.69) is 90.0 Å². The molecule has 3 aromatic carbocycles. The van der Waals surface area contributed by atoms with E-state index in [-0.39, 0.29) is 0 Å². The second-order valence-electron chi connectivity index (χ2n) is 6.12. The highest BCUT2D eigenvalue weighted by Gasteiger charge is 2.00. The van der Waals surface area contributed by atoms with Crippen molar-refractivity contribution in [3.63, 3.8) is 0 Å². The molecule has 0 spiro atoms. The molecule has 0 amide bonds. The monoisotopic (exact) mass is 343 g/mol.